The lowest BCUT2D eigenvalue weighted by molar-refractivity contribution is -0.148. The fourth-order valence-electron chi connectivity index (χ4n) is 1.46. The van der Waals surface area contributed by atoms with Gasteiger partial charge in [0.15, 0.2) is 0 Å². The molecule has 0 saturated heterocycles. The molecule has 0 amide bonds. The van der Waals surface area contributed by atoms with Gasteiger partial charge in [-0.05, 0) is 25.5 Å². The number of hydrogen-bond acceptors (Lipinski definition) is 5. The van der Waals surface area contributed by atoms with Crippen LogP contribution in [-0.2, 0) is 27.7 Å². The minimum absolute atomic E-state index is 0.0259. The molecule has 0 atom stereocenters. The number of aryl methyl sites for hydroxylation is 1. The number of aromatic nitrogens is 2. The monoisotopic (exact) mass is 255 g/mol. The summed E-state index contributed by atoms with van der Waals surface area (Å²) in [6, 6.07) is 0. The summed E-state index contributed by atoms with van der Waals surface area (Å²) in [4.78, 5) is 10.9. The van der Waals surface area contributed by atoms with Crippen molar-refractivity contribution in [2.24, 2.45) is 7.05 Å². The molecule has 1 heterocycles. The standard InChI is InChI=1S/C12H21N3O3/c1-3-18-12(16)10-17-7-6-13-5-4-11-8-14-15(2)9-11/h8-9,13H,3-7,10H2,1-2H3. The second kappa shape index (κ2) is 8.66. The molecule has 0 aliphatic heterocycles. The van der Waals surface area contributed by atoms with Crippen LogP contribution in [0.3, 0.4) is 0 Å². The quantitative estimate of drug-likeness (QED) is 0.502. The average molecular weight is 255 g/mol. The van der Waals surface area contributed by atoms with Crippen LogP contribution in [0, 0.1) is 0 Å². The van der Waals surface area contributed by atoms with Crippen LogP contribution < -0.4 is 5.32 Å². The Bertz CT molecular complexity index is 352. The molecule has 0 aliphatic rings. The molecule has 0 aromatic carbocycles. The SMILES string of the molecule is CCOC(=O)COCCNCCc1cnn(C)c1. The second-order valence-corrected chi connectivity index (χ2v) is 3.88. The second-order valence-electron chi connectivity index (χ2n) is 3.88. The largest absolute Gasteiger partial charge is 0.464 e. The highest BCUT2D eigenvalue weighted by molar-refractivity contribution is 5.70. The molecule has 0 fully saturated rings. The van der Waals surface area contributed by atoms with Gasteiger partial charge in [-0.2, -0.15) is 5.10 Å². The number of carbonyl (C=O) groups is 1. The van der Waals surface area contributed by atoms with Gasteiger partial charge in [-0.25, -0.2) is 4.79 Å². The van der Waals surface area contributed by atoms with E-state index in [1.165, 1.54) is 5.56 Å². The molecule has 18 heavy (non-hydrogen) atoms. The Kier molecular flexibility index (Phi) is 7.05. The van der Waals surface area contributed by atoms with Gasteiger partial charge in [-0.3, -0.25) is 4.68 Å². The minimum atomic E-state index is -0.312. The van der Waals surface area contributed by atoms with Gasteiger partial charge in [0.1, 0.15) is 6.61 Å². The molecule has 6 nitrogen and oxygen atoms in total. The zero-order chi connectivity index (χ0) is 13.2. The van der Waals surface area contributed by atoms with Crippen LogP contribution in [-0.4, -0.2) is 48.7 Å². The van der Waals surface area contributed by atoms with E-state index in [0.717, 1.165) is 19.5 Å². The fraction of sp³-hybridized carbons (Fsp3) is 0.667. The molecule has 0 spiro atoms. The maximum absolute atomic E-state index is 10.9. The van der Waals surface area contributed by atoms with E-state index in [2.05, 4.69) is 10.4 Å². The summed E-state index contributed by atoms with van der Waals surface area (Å²) in [6.07, 6.45) is 4.80. The highest BCUT2D eigenvalue weighted by Gasteiger charge is 2.00. The van der Waals surface area contributed by atoms with E-state index >= 15 is 0 Å². The van der Waals surface area contributed by atoms with Crippen LogP contribution in [0.1, 0.15) is 12.5 Å². The molecular formula is C12H21N3O3. The Balaban J connectivity index is 1.91. The van der Waals surface area contributed by atoms with Gasteiger partial charge in [0.05, 0.1) is 19.4 Å². The third-order valence-electron chi connectivity index (χ3n) is 2.30. The first kappa shape index (κ1) is 14.7. The van der Waals surface area contributed by atoms with Crippen LogP contribution >= 0.6 is 0 Å². The fourth-order valence-corrected chi connectivity index (χ4v) is 1.46. The van der Waals surface area contributed by atoms with Crippen molar-refractivity contribution in [1.29, 1.82) is 0 Å². The van der Waals surface area contributed by atoms with Crippen molar-refractivity contribution in [3.8, 4) is 0 Å². The summed E-state index contributed by atoms with van der Waals surface area (Å²) < 4.78 is 11.7. The summed E-state index contributed by atoms with van der Waals surface area (Å²) >= 11 is 0. The average Bonchev–Trinajstić information content (AvgIpc) is 2.74. The van der Waals surface area contributed by atoms with Crippen molar-refractivity contribution >= 4 is 5.97 Å². The molecule has 1 aromatic rings. The lowest BCUT2D eigenvalue weighted by Crippen LogP contribution is -2.23. The summed E-state index contributed by atoms with van der Waals surface area (Å²) in [5.74, 6) is -0.312. The summed E-state index contributed by atoms with van der Waals surface area (Å²) in [5, 5.41) is 7.33. The summed E-state index contributed by atoms with van der Waals surface area (Å²) in [7, 11) is 1.90. The number of carbonyl (C=O) groups excluding carboxylic acids is 1. The highest BCUT2D eigenvalue weighted by atomic mass is 16.6. The molecule has 1 N–H and O–H groups in total. The van der Waals surface area contributed by atoms with Gasteiger partial charge >= 0.3 is 5.97 Å². The molecule has 0 radical (unpaired) electrons. The maximum Gasteiger partial charge on any atom is 0.332 e. The Labute approximate surface area is 107 Å². The number of nitrogens with one attached hydrogen (secondary N) is 1. The van der Waals surface area contributed by atoms with E-state index in [-0.39, 0.29) is 12.6 Å². The van der Waals surface area contributed by atoms with Crippen LogP contribution in [0.15, 0.2) is 12.4 Å². The van der Waals surface area contributed by atoms with Gasteiger partial charge in [-0.15, -0.1) is 0 Å². The maximum atomic E-state index is 10.9. The predicted octanol–water partition coefficient (Wildman–Crippen LogP) is 0.132. The predicted molar refractivity (Wildman–Crippen MR) is 67.2 cm³/mol. The third-order valence-corrected chi connectivity index (χ3v) is 2.30. The Morgan fingerprint density at radius 1 is 1.50 bits per heavy atom. The minimum Gasteiger partial charge on any atom is -0.464 e. The van der Waals surface area contributed by atoms with E-state index in [1.54, 1.807) is 11.6 Å². The van der Waals surface area contributed by atoms with Crippen molar-refractivity contribution in [3.63, 3.8) is 0 Å². The number of nitrogens with zero attached hydrogens (tertiary/aromatic N) is 2. The molecule has 102 valence electrons. The van der Waals surface area contributed by atoms with Crippen LogP contribution in [0.2, 0.25) is 0 Å². The van der Waals surface area contributed by atoms with Crippen molar-refractivity contribution in [2.45, 2.75) is 13.3 Å². The molecule has 6 heteroatoms. The van der Waals surface area contributed by atoms with Gasteiger partial charge < -0.3 is 14.8 Å². The van der Waals surface area contributed by atoms with E-state index in [1.807, 2.05) is 19.4 Å². The smallest absolute Gasteiger partial charge is 0.332 e. The number of hydrogen-bond donors (Lipinski definition) is 1. The van der Waals surface area contributed by atoms with Gasteiger partial charge in [0.25, 0.3) is 0 Å². The molecule has 1 aromatic heterocycles. The Morgan fingerprint density at radius 2 is 2.33 bits per heavy atom. The van der Waals surface area contributed by atoms with Crippen molar-refractivity contribution in [2.75, 3.05) is 32.9 Å². The molecule has 0 saturated carbocycles. The molecule has 0 aliphatic carbocycles. The topological polar surface area (TPSA) is 65.4 Å². The molecular weight excluding hydrogens is 234 g/mol. The van der Waals surface area contributed by atoms with E-state index in [0.29, 0.717) is 13.2 Å². The van der Waals surface area contributed by atoms with E-state index in [4.69, 9.17) is 9.47 Å². The summed E-state index contributed by atoms with van der Waals surface area (Å²) in [6.45, 7) is 4.29. The van der Waals surface area contributed by atoms with E-state index in [9.17, 15) is 4.79 Å². The van der Waals surface area contributed by atoms with Crippen LogP contribution in [0.4, 0.5) is 0 Å². The van der Waals surface area contributed by atoms with Gasteiger partial charge in [-0.1, -0.05) is 0 Å². The lowest BCUT2D eigenvalue weighted by Gasteiger charge is -2.05. The molecule has 0 unspecified atom stereocenters. The zero-order valence-electron chi connectivity index (χ0n) is 11.0. The van der Waals surface area contributed by atoms with Crippen LogP contribution in [0.25, 0.3) is 0 Å². The van der Waals surface area contributed by atoms with Crippen molar-refractivity contribution < 1.29 is 14.3 Å². The van der Waals surface area contributed by atoms with E-state index < -0.39 is 0 Å². The zero-order valence-corrected chi connectivity index (χ0v) is 11.0. The highest BCUT2D eigenvalue weighted by Crippen LogP contribution is 1.95. The number of ether oxygens (including phenoxy) is 2. The van der Waals surface area contributed by atoms with Crippen LogP contribution in [0.5, 0.6) is 0 Å². The summed E-state index contributed by atoms with van der Waals surface area (Å²) in [5.41, 5.74) is 1.21. The Morgan fingerprint density at radius 3 is 3.00 bits per heavy atom. The number of rotatable bonds is 9. The first-order valence-electron chi connectivity index (χ1n) is 6.14. The Hall–Kier alpha value is -1.40. The lowest BCUT2D eigenvalue weighted by atomic mass is 10.2. The molecule has 0 bridgehead atoms. The van der Waals surface area contributed by atoms with Crippen molar-refractivity contribution in [3.05, 3.63) is 18.0 Å². The first-order chi connectivity index (χ1) is 8.72. The van der Waals surface area contributed by atoms with Gasteiger partial charge in [0.2, 0.25) is 0 Å². The normalized spacial score (nSPS) is 10.6. The van der Waals surface area contributed by atoms with Gasteiger partial charge in [0, 0.05) is 19.8 Å². The van der Waals surface area contributed by atoms with Crippen molar-refractivity contribution in [1.82, 2.24) is 15.1 Å². The third kappa shape index (κ3) is 6.36. The first-order valence-corrected chi connectivity index (χ1v) is 6.14. The molecule has 1 rings (SSSR count). The number of esters is 1.